The number of oxazole rings is 1. The zero-order valence-corrected chi connectivity index (χ0v) is 17.5. The predicted molar refractivity (Wildman–Crippen MR) is 111 cm³/mol. The summed E-state index contributed by atoms with van der Waals surface area (Å²) in [5.41, 5.74) is 4.77. The number of aromatic nitrogens is 5. The zero-order valence-electron chi connectivity index (χ0n) is 17.5. The van der Waals surface area contributed by atoms with Crippen LogP contribution in [0.2, 0.25) is 0 Å². The summed E-state index contributed by atoms with van der Waals surface area (Å²) in [7, 11) is 3.77. The molecule has 0 N–H and O–H groups in total. The molecule has 8 nitrogen and oxygen atoms in total. The molecule has 0 aliphatic carbocycles. The van der Waals surface area contributed by atoms with Gasteiger partial charge in [-0.05, 0) is 26.0 Å². The molecule has 0 saturated heterocycles. The van der Waals surface area contributed by atoms with E-state index < -0.39 is 0 Å². The molecule has 4 aromatic rings. The molecule has 0 atom stereocenters. The lowest BCUT2D eigenvalue weighted by Crippen LogP contribution is -2.31. The summed E-state index contributed by atoms with van der Waals surface area (Å²) in [4.78, 5) is 19.5. The van der Waals surface area contributed by atoms with Crippen LogP contribution in [-0.4, -0.2) is 35.4 Å². The van der Waals surface area contributed by atoms with Crippen molar-refractivity contribution in [2.75, 3.05) is 0 Å². The van der Waals surface area contributed by atoms with Gasteiger partial charge in [0, 0.05) is 25.4 Å². The molecule has 0 unspecified atom stereocenters. The molecule has 0 spiro atoms. The van der Waals surface area contributed by atoms with Gasteiger partial charge in [-0.3, -0.25) is 14.2 Å². The molecule has 30 heavy (non-hydrogen) atoms. The van der Waals surface area contributed by atoms with E-state index in [0.29, 0.717) is 18.8 Å². The van der Waals surface area contributed by atoms with Crippen molar-refractivity contribution in [3.63, 3.8) is 0 Å². The SMILES string of the molecule is Cc1cc(CN(Cc2cc(C)n(C)n2)C(=O)c2ncoc2-c2ccccc2)n(C)n1. The molecule has 3 heterocycles. The Kier molecular flexibility index (Phi) is 5.22. The number of aryl methyl sites for hydroxylation is 4. The van der Waals surface area contributed by atoms with Gasteiger partial charge >= 0.3 is 0 Å². The molecule has 0 radical (unpaired) electrons. The number of amides is 1. The van der Waals surface area contributed by atoms with Crippen LogP contribution in [-0.2, 0) is 27.2 Å². The fourth-order valence-corrected chi connectivity index (χ4v) is 3.46. The summed E-state index contributed by atoms with van der Waals surface area (Å²) in [6.07, 6.45) is 1.31. The van der Waals surface area contributed by atoms with E-state index in [2.05, 4.69) is 15.2 Å². The minimum absolute atomic E-state index is 0.218. The highest BCUT2D eigenvalue weighted by Gasteiger charge is 2.26. The molecule has 8 heteroatoms. The molecule has 3 aromatic heterocycles. The minimum atomic E-state index is -0.218. The average molecular weight is 404 g/mol. The molecule has 0 aliphatic heterocycles. The van der Waals surface area contributed by atoms with Crippen LogP contribution in [0.1, 0.15) is 33.3 Å². The Labute approximate surface area is 174 Å². The minimum Gasteiger partial charge on any atom is -0.443 e. The zero-order chi connectivity index (χ0) is 21.3. The van der Waals surface area contributed by atoms with Crippen molar-refractivity contribution in [2.45, 2.75) is 26.9 Å². The van der Waals surface area contributed by atoms with Crippen LogP contribution in [0.15, 0.2) is 53.3 Å². The van der Waals surface area contributed by atoms with Crippen LogP contribution in [0, 0.1) is 13.8 Å². The summed E-state index contributed by atoms with van der Waals surface area (Å²) in [5.74, 6) is 0.244. The van der Waals surface area contributed by atoms with Crippen molar-refractivity contribution in [3.8, 4) is 11.3 Å². The number of benzene rings is 1. The maximum atomic E-state index is 13.6. The molecule has 4 rings (SSSR count). The predicted octanol–water partition coefficient (Wildman–Crippen LogP) is 3.27. The Balaban J connectivity index is 1.69. The van der Waals surface area contributed by atoms with Crippen molar-refractivity contribution >= 4 is 5.91 Å². The van der Waals surface area contributed by atoms with Crippen LogP contribution in [0.4, 0.5) is 0 Å². The highest BCUT2D eigenvalue weighted by atomic mass is 16.3. The van der Waals surface area contributed by atoms with E-state index in [0.717, 1.165) is 28.3 Å². The quantitative estimate of drug-likeness (QED) is 0.493. The Hall–Kier alpha value is -3.68. The normalized spacial score (nSPS) is 11.1. The van der Waals surface area contributed by atoms with Crippen molar-refractivity contribution in [1.82, 2.24) is 29.4 Å². The number of nitrogens with zero attached hydrogens (tertiary/aromatic N) is 6. The second-order valence-corrected chi connectivity index (χ2v) is 7.36. The lowest BCUT2D eigenvalue weighted by Gasteiger charge is -2.21. The third-order valence-corrected chi connectivity index (χ3v) is 5.06. The molecule has 0 saturated carbocycles. The summed E-state index contributed by atoms with van der Waals surface area (Å²) in [5, 5.41) is 8.92. The number of carbonyl (C=O) groups is 1. The topological polar surface area (TPSA) is 82.0 Å². The molecular formula is C22H24N6O2. The van der Waals surface area contributed by atoms with Crippen molar-refractivity contribution in [2.24, 2.45) is 14.1 Å². The average Bonchev–Trinajstić information content (AvgIpc) is 3.41. The molecular weight excluding hydrogens is 380 g/mol. The van der Waals surface area contributed by atoms with E-state index in [9.17, 15) is 4.79 Å². The van der Waals surface area contributed by atoms with Gasteiger partial charge < -0.3 is 9.32 Å². The first-order valence-electron chi connectivity index (χ1n) is 9.69. The van der Waals surface area contributed by atoms with Gasteiger partial charge in [0.1, 0.15) is 0 Å². The third-order valence-electron chi connectivity index (χ3n) is 5.06. The Morgan fingerprint density at radius 2 is 1.80 bits per heavy atom. The van der Waals surface area contributed by atoms with E-state index >= 15 is 0 Å². The van der Waals surface area contributed by atoms with E-state index in [1.54, 1.807) is 14.3 Å². The molecule has 1 amide bonds. The van der Waals surface area contributed by atoms with Gasteiger partial charge in [-0.2, -0.15) is 10.2 Å². The second-order valence-electron chi connectivity index (χ2n) is 7.36. The molecule has 0 aliphatic rings. The summed E-state index contributed by atoms with van der Waals surface area (Å²) < 4.78 is 9.17. The Bertz CT molecular complexity index is 1150. The number of carbonyl (C=O) groups excluding carboxylic acids is 1. The first-order valence-corrected chi connectivity index (χ1v) is 9.69. The van der Waals surface area contributed by atoms with Gasteiger partial charge in [0.15, 0.2) is 17.8 Å². The first-order chi connectivity index (χ1) is 14.4. The van der Waals surface area contributed by atoms with Crippen LogP contribution in [0.25, 0.3) is 11.3 Å². The van der Waals surface area contributed by atoms with Crippen molar-refractivity contribution in [3.05, 3.63) is 77.3 Å². The summed E-state index contributed by atoms with van der Waals surface area (Å²) in [6, 6.07) is 13.5. The monoisotopic (exact) mass is 404 g/mol. The number of hydrogen-bond acceptors (Lipinski definition) is 5. The van der Waals surface area contributed by atoms with Crippen LogP contribution >= 0.6 is 0 Å². The summed E-state index contributed by atoms with van der Waals surface area (Å²) >= 11 is 0. The first kappa shape index (κ1) is 19.6. The molecule has 0 fully saturated rings. The van der Waals surface area contributed by atoms with Crippen LogP contribution < -0.4 is 0 Å². The van der Waals surface area contributed by atoms with E-state index in [4.69, 9.17) is 4.42 Å². The molecule has 0 bridgehead atoms. The van der Waals surface area contributed by atoms with Gasteiger partial charge in [-0.15, -0.1) is 0 Å². The molecule has 154 valence electrons. The third kappa shape index (κ3) is 3.89. The van der Waals surface area contributed by atoms with Gasteiger partial charge in [0.05, 0.1) is 30.2 Å². The van der Waals surface area contributed by atoms with Gasteiger partial charge in [0.25, 0.3) is 5.91 Å². The highest BCUT2D eigenvalue weighted by Crippen LogP contribution is 2.25. The second kappa shape index (κ2) is 7.98. The van der Waals surface area contributed by atoms with Gasteiger partial charge in [-0.25, -0.2) is 4.98 Å². The smallest absolute Gasteiger partial charge is 0.277 e. The lowest BCUT2D eigenvalue weighted by atomic mass is 10.1. The van der Waals surface area contributed by atoms with Crippen LogP contribution in [0.5, 0.6) is 0 Å². The Morgan fingerprint density at radius 1 is 1.03 bits per heavy atom. The standard InChI is InChI=1S/C22H24N6O2/c1-15-10-19(27(4)24-15)13-28(12-18-11-16(2)26(3)25-18)22(29)20-21(30-14-23-20)17-8-6-5-7-9-17/h5-11,14H,12-13H2,1-4H3. The fraction of sp³-hybridized carbons (Fsp3) is 0.273. The number of rotatable bonds is 6. The maximum Gasteiger partial charge on any atom is 0.277 e. The van der Waals surface area contributed by atoms with E-state index in [1.165, 1.54) is 6.39 Å². The van der Waals surface area contributed by atoms with Crippen molar-refractivity contribution < 1.29 is 9.21 Å². The van der Waals surface area contributed by atoms with E-state index in [1.807, 2.05) is 70.4 Å². The maximum absolute atomic E-state index is 13.6. The lowest BCUT2D eigenvalue weighted by molar-refractivity contribution is 0.0718. The van der Waals surface area contributed by atoms with Gasteiger partial charge in [-0.1, -0.05) is 30.3 Å². The largest absolute Gasteiger partial charge is 0.443 e. The Morgan fingerprint density at radius 3 is 2.43 bits per heavy atom. The molecule has 1 aromatic carbocycles. The highest BCUT2D eigenvalue weighted by molar-refractivity contribution is 5.97. The van der Waals surface area contributed by atoms with E-state index in [-0.39, 0.29) is 11.6 Å². The fourth-order valence-electron chi connectivity index (χ4n) is 3.46. The number of hydrogen-bond donors (Lipinski definition) is 0. The summed E-state index contributed by atoms with van der Waals surface area (Å²) in [6.45, 7) is 4.65. The van der Waals surface area contributed by atoms with Crippen molar-refractivity contribution in [1.29, 1.82) is 0 Å². The van der Waals surface area contributed by atoms with Gasteiger partial charge in [0.2, 0.25) is 0 Å². The van der Waals surface area contributed by atoms with Crippen LogP contribution in [0.3, 0.4) is 0 Å².